The quantitative estimate of drug-likeness (QED) is 0.914. The van der Waals surface area contributed by atoms with Crippen molar-refractivity contribution in [2.45, 2.75) is 39.3 Å². The van der Waals surface area contributed by atoms with Crippen LogP contribution in [0.1, 0.15) is 32.8 Å². The molecule has 0 bridgehead atoms. The number of hydrogen-bond acceptors (Lipinski definition) is 4. The number of ether oxygens (including phenoxy) is 1. The van der Waals surface area contributed by atoms with Crippen molar-refractivity contribution in [1.29, 1.82) is 0 Å². The molecule has 1 aromatic rings. The van der Waals surface area contributed by atoms with Crippen molar-refractivity contribution < 1.29 is 14.6 Å². The largest absolute Gasteiger partial charge is 0.444 e. The first-order valence-electron chi connectivity index (χ1n) is 9.16. The van der Waals surface area contributed by atoms with E-state index in [0.717, 1.165) is 26.1 Å². The lowest BCUT2D eigenvalue weighted by Gasteiger charge is -2.30. The van der Waals surface area contributed by atoms with Gasteiger partial charge >= 0.3 is 6.09 Å². The Kier molecular flexibility index (Phi) is 5.07. The van der Waals surface area contributed by atoms with E-state index in [1.54, 1.807) is 0 Å². The van der Waals surface area contributed by atoms with Crippen LogP contribution in [-0.4, -0.2) is 59.4 Å². The first-order valence-corrected chi connectivity index (χ1v) is 9.16. The zero-order chi connectivity index (χ0) is 18.1. The molecule has 2 aliphatic rings. The van der Waals surface area contributed by atoms with Crippen molar-refractivity contribution in [2.24, 2.45) is 11.3 Å². The maximum absolute atomic E-state index is 12.4. The zero-order valence-electron chi connectivity index (χ0n) is 15.6. The fraction of sp³-hybridized carbons (Fsp3) is 0.650. The minimum atomic E-state index is -0.474. The number of hydrogen-bond donors (Lipinski definition) is 1. The second-order valence-corrected chi connectivity index (χ2v) is 8.55. The van der Waals surface area contributed by atoms with E-state index in [1.807, 2.05) is 31.7 Å². The van der Waals surface area contributed by atoms with Crippen molar-refractivity contribution in [1.82, 2.24) is 9.80 Å². The first kappa shape index (κ1) is 18.2. The molecule has 5 heteroatoms. The standard InChI is InChI=1S/C20H30N2O3/c1-19(2,3)25-18(24)22-10-9-20(15-22)14-21(12-17(20)13-23)11-16-7-5-4-6-8-16/h4-8,17,23H,9-15H2,1-3H3/t17-,20-/m0/s1. The number of rotatable bonds is 3. The highest BCUT2D eigenvalue weighted by molar-refractivity contribution is 5.68. The Morgan fingerprint density at radius 2 is 2.00 bits per heavy atom. The average molecular weight is 346 g/mol. The minimum absolute atomic E-state index is 0.0135. The Bertz CT molecular complexity index is 599. The molecule has 2 atom stereocenters. The lowest BCUT2D eigenvalue weighted by Crippen LogP contribution is -2.40. The number of carbonyl (C=O) groups is 1. The lowest BCUT2D eigenvalue weighted by atomic mass is 9.78. The minimum Gasteiger partial charge on any atom is -0.444 e. The Hall–Kier alpha value is -1.59. The van der Waals surface area contributed by atoms with E-state index in [2.05, 4.69) is 29.2 Å². The highest BCUT2D eigenvalue weighted by Crippen LogP contribution is 2.44. The van der Waals surface area contributed by atoms with Crippen molar-refractivity contribution in [2.75, 3.05) is 32.8 Å². The molecule has 138 valence electrons. The van der Waals surface area contributed by atoms with Crippen LogP contribution in [0.4, 0.5) is 4.79 Å². The number of aliphatic hydroxyl groups excluding tert-OH is 1. The summed E-state index contributed by atoms with van der Waals surface area (Å²) in [4.78, 5) is 16.6. The van der Waals surface area contributed by atoms with Gasteiger partial charge < -0.3 is 14.7 Å². The first-order chi connectivity index (χ1) is 11.8. The van der Waals surface area contributed by atoms with Crippen molar-refractivity contribution in [3.05, 3.63) is 35.9 Å². The number of aliphatic hydroxyl groups is 1. The SMILES string of the molecule is CC(C)(C)OC(=O)N1CC[C@]2(CN(Cc3ccccc3)C[C@H]2CO)C1. The van der Waals surface area contributed by atoms with E-state index < -0.39 is 5.60 Å². The van der Waals surface area contributed by atoms with Gasteiger partial charge in [0.05, 0.1) is 0 Å². The fourth-order valence-corrected chi connectivity index (χ4v) is 4.20. The van der Waals surface area contributed by atoms with Gasteiger partial charge in [0.25, 0.3) is 0 Å². The molecule has 1 N–H and O–H groups in total. The second kappa shape index (κ2) is 6.96. The highest BCUT2D eigenvalue weighted by Gasteiger charge is 2.51. The van der Waals surface area contributed by atoms with Crippen LogP contribution in [0, 0.1) is 11.3 Å². The smallest absolute Gasteiger partial charge is 0.410 e. The van der Waals surface area contributed by atoms with Gasteiger partial charge in [-0.3, -0.25) is 4.90 Å². The summed E-state index contributed by atoms with van der Waals surface area (Å²) in [6.45, 7) is 9.95. The Labute approximate surface area is 150 Å². The molecule has 1 amide bonds. The number of likely N-dealkylation sites (tertiary alicyclic amines) is 2. The molecular weight excluding hydrogens is 316 g/mol. The number of amides is 1. The van der Waals surface area contributed by atoms with Crippen LogP contribution in [0.15, 0.2) is 30.3 Å². The summed E-state index contributed by atoms with van der Waals surface area (Å²) < 4.78 is 5.53. The van der Waals surface area contributed by atoms with Crippen LogP contribution in [-0.2, 0) is 11.3 Å². The molecule has 2 heterocycles. The monoisotopic (exact) mass is 346 g/mol. The van der Waals surface area contributed by atoms with Crippen LogP contribution in [0.25, 0.3) is 0 Å². The average Bonchev–Trinajstić information content (AvgIpc) is 3.11. The van der Waals surface area contributed by atoms with Gasteiger partial charge in [0.1, 0.15) is 5.60 Å². The fourth-order valence-electron chi connectivity index (χ4n) is 4.20. The van der Waals surface area contributed by atoms with Crippen molar-refractivity contribution >= 4 is 6.09 Å². The molecule has 0 radical (unpaired) electrons. The molecule has 2 saturated heterocycles. The summed E-state index contributed by atoms with van der Waals surface area (Å²) in [6, 6.07) is 10.4. The highest BCUT2D eigenvalue weighted by atomic mass is 16.6. The molecule has 25 heavy (non-hydrogen) atoms. The topological polar surface area (TPSA) is 53.0 Å². The summed E-state index contributed by atoms with van der Waals surface area (Å²) in [7, 11) is 0. The van der Waals surface area contributed by atoms with Crippen LogP contribution in [0.3, 0.4) is 0 Å². The van der Waals surface area contributed by atoms with Crippen LogP contribution in [0.5, 0.6) is 0 Å². The molecule has 2 fully saturated rings. The van der Waals surface area contributed by atoms with Crippen molar-refractivity contribution in [3.8, 4) is 0 Å². The normalized spacial score (nSPS) is 27.2. The summed E-state index contributed by atoms with van der Waals surface area (Å²) >= 11 is 0. The van der Waals surface area contributed by atoms with Gasteiger partial charge in [0.15, 0.2) is 0 Å². The van der Waals surface area contributed by atoms with Gasteiger partial charge in [-0.2, -0.15) is 0 Å². The Balaban J connectivity index is 1.65. The van der Waals surface area contributed by atoms with E-state index in [1.165, 1.54) is 5.56 Å². The maximum atomic E-state index is 12.4. The third-order valence-electron chi connectivity index (χ3n) is 5.39. The molecule has 1 spiro atoms. The number of nitrogens with zero attached hydrogens (tertiary/aromatic N) is 2. The third kappa shape index (κ3) is 4.15. The molecule has 0 aliphatic carbocycles. The van der Waals surface area contributed by atoms with Crippen LogP contribution >= 0.6 is 0 Å². The molecule has 0 unspecified atom stereocenters. The van der Waals surface area contributed by atoms with Gasteiger partial charge in [-0.05, 0) is 32.8 Å². The van der Waals surface area contributed by atoms with E-state index >= 15 is 0 Å². The van der Waals surface area contributed by atoms with Crippen molar-refractivity contribution in [3.63, 3.8) is 0 Å². The molecule has 3 rings (SSSR count). The maximum Gasteiger partial charge on any atom is 0.410 e. The van der Waals surface area contributed by atoms with E-state index in [0.29, 0.717) is 13.1 Å². The molecule has 0 aromatic heterocycles. The van der Waals surface area contributed by atoms with E-state index in [-0.39, 0.29) is 24.0 Å². The van der Waals surface area contributed by atoms with Crippen LogP contribution < -0.4 is 0 Å². The predicted molar refractivity (Wildman–Crippen MR) is 97.2 cm³/mol. The second-order valence-electron chi connectivity index (χ2n) is 8.55. The predicted octanol–water partition coefficient (Wildman–Crippen LogP) is 2.74. The summed E-state index contributed by atoms with van der Waals surface area (Å²) in [5.74, 6) is 0.212. The Morgan fingerprint density at radius 3 is 2.64 bits per heavy atom. The van der Waals surface area contributed by atoms with Gasteiger partial charge in [-0.1, -0.05) is 30.3 Å². The van der Waals surface area contributed by atoms with Gasteiger partial charge in [-0.25, -0.2) is 4.79 Å². The lowest BCUT2D eigenvalue weighted by molar-refractivity contribution is 0.0256. The summed E-state index contributed by atoms with van der Waals surface area (Å²) in [6.07, 6.45) is 0.700. The summed E-state index contributed by atoms with van der Waals surface area (Å²) in [5.41, 5.74) is 0.803. The zero-order valence-corrected chi connectivity index (χ0v) is 15.6. The Morgan fingerprint density at radius 1 is 1.28 bits per heavy atom. The number of carbonyl (C=O) groups excluding carboxylic acids is 1. The molecule has 0 saturated carbocycles. The van der Waals surface area contributed by atoms with Crippen LogP contribution in [0.2, 0.25) is 0 Å². The molecular formula is C20H30N2O3. The van der Waals surface area contributed by atoms with E-state index in [4.69, 9.17) is 4.74 Å². The van der Waals surface area contributed by atoms with Gasteiger partial charge in [-0.15, -0.1) is 0 Å². The molecule has 5 nitrogen and oxygen atoms in total. The van der Waals surface area contributed by atoms with E-state index in [9.17, 15) is 9.90 Å². The van der Waals surface area contributed by atoms with Gasteiger partial charge in [0.2, 0.25) is 0 Å². The third-order valence-corrected chi connectivity index (χ3v) is 5.39. The molecule has 2 aliphatic heterocycles. The molecule has 1 aromatic carbocycles. The number of benzene rings is 1. The van der Waals surface area contributed by atoms with Gasteiger partial charge in [0, 0.05) is 50.7 Å². The summed E-state index contributed by atoms with van der Waals surface area (Å²) in [5, 5.41) is 9.93.